The summed E-state index contributed by atoms with van der Waals surface area (Å²) in [6.45, 7) is 6.70. The summed E-state index contributed by atoms with van der Waals surface area (Å²) in [5.74, 6) is -1.24. The Balaban J connectivity index is 3.86. The minimum atomic E-state index is -1.35. The van der Waals surface area contributed by atoms with E-state index in [1.807, 2.05) is 0 Å². The van der Waals surface area contributed by atoms with E-state index in [-0.39, 0.29) is 44.5 Å². The van der Waals surface area contributed by atoms with Crippen molar-refractivity contribution in [3.63, 3.8) is 0 Å². The number of carbonyl (C=O) groups excluding carboxylic acids is 3. The van der Waals surface area contributed by atoms with E-state index in [4.69, 9.17) is 5.11 Å². The first-order valence-corrected chi connectivity index (χ1v) is 6.98. The van der Waals surface area contributed by atoms with Gasteiger partial charge in [0.1, 0.15) is 6.10 Å². The number of rotatable bonds is 10. The zero-order valence-corrected chi connectivity index (χ0v) is 13.0. The number of hydrogen-bond acceptors (Lipinski definition) is 5. The molecule has 3 amide bonds. The van der Waals surface area contributed by atoms with Crippen molar-refractivity contribution in [1.29, 1.82) is 0 Å². The summed E-state index contributed by atoms with van der Waals surface area (Å²) in [4.78, 5) is 33.9. The average molecular weight is 315 g/mol. The van der Waals surface area contributed by atoms with Crippen LogP contribution in [0, 0.1) is 5.41 Å². The third-order valence-electron chi connectivity index (χ3n) is 2.98. The quantitative estimate of drug-likeness (QED) is 0.242. The summed E-state index contributed by atoms with van der Waals surface area (Å²) in [7, 11) is 0. The highest BCUT2D eigenvalue weighted by Gasteiger charge is 2.32. The summed E-state index contributed by atoms with van der Waals surface area (Å²) < 4.78 is 0. The fourth-order valence-electron chi connectivity index (χ4n) is 1.39. The monoisotopic (exact) mass is 315 g/mol. The SMILES string of the molecule is C=CC(=O)NCCNC(=O)CCNC(=O)[C@H](O)C(C)(C)CO. The summed E-state index contributed by atoms with van der Waals surface area (Å²) in [6.07, 6.45) is -0.168. The Labute approximate surface area is 130 Å². The molecule has 5 N–H and O–H groups in total. The van der Waals surface area contributed by atoms with Gasteiger partial charge in [-0.05, 0) is 6.08 Å². The fourth-order valence-corrected chi connectivity index (χ4v) is 1.39. The lowest BCUT2D eigenvalue weighted by Crippen LogP contribution is -2.46. The maximum Gasteiger partial charge on any atom is 0.249 e. The molecule has 8 heteroatoms. The second-order valence-corrected chi connectivity index (χ2v) is 5.44. The van der Waals surface area contributed by atoms with E-state index in [0.717, 1.165) is 6.08 Å². The van der Waals surface area contributed by atoms with Crippen LogP contribution in [0.4, 0.5) is 0 Å². The number of nitrogens with one attached hydrogen (secondary N) is 3. The maximum atomic E-state index is 11.6. The second kappa shape index (κ2) is 9.91. The molecule has 0 unspecified atom stereocenters. The van der Waals surface area contributed by atoms with Crippen molar-refractivity contribution in [3.8, 4) is 0 Å². The van der Waals surface area contributed by atoms with E-state index >= 15 is 0 Å². The molecule has 0 aromatic rings. The molecule has 0 aliphatic heterocycles. The largest absolute Gasteiger partial charge is 0.396 e. The van der Waals surface area contributed by atoms with E-state index < -0.39 is 17.4 Å². The Morgan fingerprint density at radius 3 is 2.27 bits per heavy atom. The molecule has 1 atom stereocenters. The van der Waals surface area contributed by atoms with Crippen LogP contribution < -0.4 is 16.0 Å². The first-order valence-electron chi connectivity index (χ1n) is 6.98. The Kier molecular flexibility index (Phi) is 9.04. The summed E-state index contributed by atoms with van der Waals surface area (Å²) in [5.41, 5.74) is -0.949. The van der Waals surface area contributed by atoms with Gasteiger partial charge in [-0.3, -0.25) is 14.4 Å². The Hall–Kier alpha value is -1.93. The van der Waals surface area contributed by atoms with E-state index in [1.54, 1.807) is 13.8 Å². The van der Waals surface area contributed by atoms with Gasteiger partial charge in [-0.1, -0.05) is 20.4 Å². The normalized spacial score (nSPS) is 12.2. The smallest absolute Gasteiger partial charge is 0.249 e. The number of hydrogen-bond donors (Lipinski definition) is 5. The predicted octanol–water partition coefficient (Wildman–Crippen LogP) is -1.71. The molecule has 0 saturated heterocycles. The molecular formula is C14H25N3O5. The van der Waals surface area contributed by atoms with Crippen LogP contribution in [0.25, 0.3) is 0 Å². The Bertz CT molecular complexity index is 409. The number of aliphatic hydroxyl groups excluding tert-OH is 2. The second-order valence-electron chi connectivity index (χ2n) is 5.44. The molecule has 0 spiro atoms. The van der Waals surface area contributed by atoms with Crippen LogP contribution >= 0.6 is 0 Å². The van der Waals surface area contributed by atoms with E-state index in [1.165, 1.54) is 0 Å². The van der Waals surface area contributed by atoms with E-state index in [0.29, 0.717) is 0 Å². The van der Waals surface area contributed by atoms with Crippen LogP contribution in [0.3, 0.4) is 0 Å². The van der Waals surface area contributed by atoms with Crippen molar-refractivity contribution in [2.24, 2.45) is 5.41 Å². The third-order valence-corrected chi connectivity index (χ3v) is 2.98. The first-order chi connectivity index (χ1) is 10.2. The molecule has 0 heterocycles. The average Bonchev–Trinajstić information content (AvgIpc) is 2.50. The van der Waals surface area contributed by atoms with Gasteiger partial charge >= 0.3 is 0 Å². The number of amides is 3. The van der Waals surface area contributed by atoms with Crippen molar-refractivity contribution in [2.45, 2.75) is 26.4 Å². The first kappa shape index (κ1) is 20.1. The number of carbonyl (C=O) groups is 3. The van der Waals surface area contributed by atoms with Gasteiger partial charge in [0.2, 0.25) is 17.7 Å². The van der Waals surface area contributed by atoms with Crippen molar-refractivity contribution >= 4 is 17.7 Å². The van der Waals surface area contributed by atoms with E-state index in [2.05, 4.69) is 22.5 Å². The highest BCUT2D eigenvalue weighted by molar-refractivity contribution is 5.86. The van der Waals surface area contributed by atoms with Crippen molar-refractivity contribution in [1.82, 2.24) is 16.0 Å². The lowest BCUT2D eigenvalue weighted by molar-refractivity contribution is -0.137. The Morgan fingerprint density at radius 2 is 1.73 bits per heavy atom. The standard InChI is InChI=1S/C14H25N3O5/c1-4-10(19)15-7-8-16-11(20)5-6-17-13(22)12(21)14(2,3)9-18/h4,12,18,21H,1,5-9H2,2-3H3,(H,15,19)(H,16,20)(H,17,22)/t12-/m0/s1. The van der Waals surface area contributed by atoms with Gasteiger partial charge in [0.25, 0.3) is 0 Å². The molecule has 0 rings (SSSR count). The van der Waals surface area contributed by atoms with E-state index in [9.17, 15) is 19.5 Å². The molecule has 0 aromatic heterocycles. The summed E-state index contributed by atoms with van der Waals surface area (Å²) in [6, 6.07) is 0. The molecule has 0 fully saturated rings. The van der Waals surface area contributed by atoms with Gasteiger partial charge in [0.05, 0.1) is 6.61 Å². The third kappa shape index (κ3) is 7.75. The lowest BCUT2D eigenvalue weighted by atomic mass is 9.87. The minimum absolute atomic E-state index is 0.0490. The maximum absolute atomic E-state index is 11.6. The molecule has 0 aromatic carbocycles. The van der Waals surface area contributed by atoms with Gasteiger partial charge < -0.3 is 26.2 Å². The van der Waals surface area contributed by atoms with Crippen molar-refractivity contribution in [3.05, 3.63) is 12.7 Å². The predicted molar refractivity (Wildman–Crippen MR) is 80.7 cm³/mol. The van der Waals surface area contributed by atoms with Gasteiger partial charge in [0, 0.05) is 31.5 Å². The van der Waals surface area contributed by atoms with Crippen molar-refractivity contribution in [2.75, 3.05) is 26.2 Å². The van der Waals surface area contributed by atoms with Gasteiger partial charge in [-0.2, -0.15) is 0 Å². The van der Waals surface area contributed by atoms with Crippen LogP contribution in [-0.2, 0) is 14.4 Å². The van der Waals surface area contributed by atoms with Crippen LogP contribution in [0.1, 0.15) is 20.3 Å². The topological polar surface area (TPSA) is 128 Å². The van der Waals surface area contributed by atoms with Gasteiger partial charge in [0.15, 0.2) is 0 Å². The molecule has 0 saturated carbocycles. The minimum Gasteiger partial charge on any atom is -0.396 e. The molecular weight excluding hydrogens is 290 g/mol. The zero-order valence-electron chi connectivity index (χ0n) is 13.0. The van der Waals surface area contributed by atoms with Crippen molar-refractivity contribution < 1.29 is 24.6 Å². The highest BCUT2D eigenvalue weighted by Crippen LogP contribution is 2.19. The summed E-state index contributed by atoms with van der Waals surface area (Å²) >= 11 is 0. The van der Waals surface area contributed by atoms with Gasteiger partial charge in [-0.15, -0.1) is 0 Å². The van der Waals surface area contributed by atoms with Crippen LogP contribution in [-0.4, -0.2) is 60.3 Å². The van der Waals surface area contributed by atoms with Gasteiger partial charge in [-0.25, -0.2) is 0 Å². The fraction of sp³-hybridized carbons (Fsp3) is 0.643. The Morgan fingerprint density at radius 1 is 1.14 bits per heavy atom. The molecule has 0 aliphatic carbocycles. The molecule has 0 radical (unpaired) electrons. The lowest BCUT2D eigenvalue weighted by Gasteiger charge is -2.27. The van der Waals surface area contributed by atoms with Crippen LogP contribution in [0.5, 0.6) is 0 Å². The summed E-state index contributed by atoms with van der Waals surface area (Å²) in [5, 5.41) is 26.3. The molecule has 8 nitrogen and oxygen atoms in total. The van der Waals surface area contributed by atoms with Crippen LogP contribution in [0.15, 0.2) is 12.7 Å². The number of aliphatic hydroxyl groups is 2. The molecule has 22 heavy (non-hydrogen) atoms. The molecule has 126 valence electrons. The molecule has 0 bridgehead atoms. The van der Waals surface area contributed by atoms with Crippen LogP contribution in [0.2, 0.25) is 0 Å². The highest BCUT2D eigenvalue weighted by atomic mass is 16.3. The molecule has 0 aliphatic rings. The zero-order chi connectivity index (χ0) is 17.2.